The standard InChI is InChI=1S/C24H28F3N5O/c1-13-3-2-4-20(13)32-23-19(12-28-21(30-23)9-14-5-7-16(33)8-6-14)29-24(32)31-22-17(26)10-15(25)11-18(22)27/h10-14,16,20,33H,2-9H2,1H3,(H,29,31)/t13-,14?,16?,20+/m1/s1. The molecule has 6 nitrogen and oxygen atoms in total. The summed E-state index contributed by atoms with van der Waals surface area (Å²) in [6.07, 6.45) is 8.66. The van der Waals surface area contributed by atoms with Crippen LogP contribution in [0.25, 0.3) is 11.2 Å². The molecule has 2 aliphatic carbocycles. The van der Waals surface area contributed by atoms with Crippen molar-refractivity contribution in [3.8, 4) is 0 Å². The van der Waals surface area contributed by atoms with Crippen LogP contribution in [-0.4, -0.2) is 30.7 Å². The number of halogens is 3. The smallest absolute Gasteiger partial charge is 0.210 e. The SMILES string of the molecule is C[C@@H]1CCC[C@@H]1n1c(Nc2c(F)cc(F)cc2F)nc2cnc(CC3CCC(O)CC3)nc21. The van der Waals surface area contributed by atoms with E-state index in [-0.39, 0.29) is 18.1 Å². The summed E-state index contributed by atoms with van der Waals surface area (Å²) in [7, 11) is 0. The molecule has 3 aromatic rings. The van der Waals surface area contributed by atoms with Crippen LogP contribution in [0, 0.1) is 29.3 Å². The minimum absolute atomic E-state index is 0.0802. The van der Waals surface area contributed by atoms with Crippen LogP contribution in [0.3, 0.4) is 0 Å². The zero-order chi connectivity index (χ0) is 23.1. The molecule has 0 unspecified atom stereocenters. The molecule has 2 aliphatic rings. The van der Waals surface area contributed by atoms with E-state index in [1.807, 2.05) is 4.57 Å². The Balaban J connectivity index is 1.53. The van der Waals surface area contributed by atoms with Crippen molar-refractivity contribution in [2.24, 2.45) is 11.8 Å². The van der Waals surface area contributed by atoms with Gasteiger partial charge >= 0.3 is 0 Å². The summed E-state index contributed by atoms with van der Waals surface area (Å²) >= 11 is 0. The topological polar surface area (TPSA) is 75.9 Å². The number of nitrogens with zero attached hydrogens (tertiary/aromatic N) is 4. The molecule has 2 fully saturated rings. The van der Waals surface area contributed by atoms with Crippen LogP contribution in [0.15, 0.2) is 18.3 Å². The van der Waals surface area contributed by atoms with Crippen molar-refractivity contribution in [2.75, 3.05) is 5.32 Å². The Kier molecular flexibility index (Phi) is 5.99. The summed E-state index contributed by atoms with van der Waals surface area (Å²) in [5.74, 6) is -1.24. The first kappa shape index (κ1) is 22.1. The second-order valence-corrected chi connectivity index (χ2v) is 9.52. The highest BCUT2D eigenvalue weighted by molar-refractivity contribution is 5.75. The maximum absolute atomic E-state index is 14.4. The van der Waals surface area contributed by atoms with Crippen molar-refractivity contribution in [2.45, 2.75) is 70.4 Å². The second-order valence-electron chi connectivity index (χ2n) is 9.52. The quantitative estimate of drug-likeness (QED) is 0.531. The van der Waals surface area contributed by atoms with E-state index in [2.05, 4.69) is 22.2 Å². The minimum atomic E-state index is -1.02. The van der Waals surface area contributed by atoms with Gasteiger partial charge in [0.1, 0.15) is 22.8 Å². The fourth-order valence-corrected chi connectivity index (χ4v) is 5.32. The van der Waals surface area contributed by atoms with Crippen LogP contribution < -0.4 is 5.32 Å². The Morgan fingerprint density at radius 1 is 1.03 bits per heavy atom. The molecule has 5 rings (SSSR count). The number of aliphatic hydroxyl groups is 1. The molecule has 0 amide bonds. The first-order valence-electron chi connectivity index (χ1n) is 11.7. The lowest BCUT2D eigenvalue weighted by molar-refractivity contribution is 0.108. The van der Waals surface area contributed by atoms with Gasteiger partial charge in [-0.05, 0) is 50.4 Å². The Morgan fingerprint density at radius 2 is 1.76 bits per heavy atom. The van der Waals surface area contributed by atoms with E-state index in [4.69, 9.17) is 4.98 Å². The Morgan fingerprint density at radius 3 is 2.42 bits per heavy atom. The summed E-state index contributed by atoms with van der Waals surface area (Å²) in [6.45, 7) is 2.15. The third-order valence-electron chi connectivity index (χ3n) is 7.16. The molecule has 9 heteroatoms. The summed E-state index contributed by atoms with van der Waals surface area (Å²) < 4.78 is 44.1. The first-order chi connectivity index (χ1) is 15.9. The van der Waals surface area contributed by atoms with Crippen molar-refractivity contribution in [1.29, 1.82) is 0 Å². The fraction of sp³-hybridized carbons (Fsp3) is 0.542. The van der Waals surface area contributed by atoms with Crippen LogP contribution in [0.5, 0.6) is 0 Å². The molecule has 2 N–H and O–H groups in total. The summed E-state index contributed by atoms with van der Waals surface area (Å²) in [6, 6.07) is 1.38. The monoisotopic (exact) mass is 459 g/mol. The first-order valence-corrected chi connectivity index (χ1v) is 11.7. The van der Waals surface area contributed by atoms with E-state index in [0.29, 0.717) is 41.0 Å². The average molecular weight is 460 g/mol. The summed E-state index contributed by atoms with van der Waals surface area (Å²) in [4.78, 5) is 13.9. The number of benzene rings is 1. The number of hydrogen-bond donors (Lipinski definition) is 2. The molecule has 0 aliphatic heterocycles. The van der Waals surface area contributed by atoms with Crippen LogP contribution in [-0.2, 0) is 6.42 Å². The molecule has 0 spiro atoms. The predicted molar refractivity (Wildman–Crippen MR) is 119 cm³/mol. The highest BCUT2D eigenvalue weighted by Gasteiger charge is 2.30. The fourth-order valence-electron chi connectivity index (χ4n) is 5.32. The number of nitrogens with one attached hydrogen (secondary N) is 1. The molecule has 2 atom stereocenters. The largest absolute Gasteiger partial charge is 0.393 e. The number of hydrogen-bond acceptors (Lipinski definition) is 5. The van der Waals surface area contributed by atoms with Crippen molar-refractivity contribution in [1.82, 2.24) is 19.5 Å². The number of fused-ring (bicyclic) bond motifs is 1. The molecule has 2 aromatic heterocycles. The van der Waals surface area contributed by atoms with Crippen molar-refractivity contribution >= 4 is 22.8 Å². The number of aromatic nitrogens is 4. The average Bonchev–Trinajstić information content (AvgIpc) is 3.34. The lowest BCUT2D eigenvalue weighted by Gasteiger charge is -2.24. The van der Waals surface area contributed by atoms with Gasteiger partial charge in [-0.15, -0.1) is 0 Å². The lowest BCUT2D eigenvalue weighted by Crippen LogP contribution is -2.20. The highest BCUT2D eigenvalue weighted by atomic mass is 19.1. The highest BCUT2D eigenvalue weighted by Crippen LogP contribution is 2.40. The van der Waals surface area contributed by atoms with Gasteiger partial charge < -0.3 is 10.4 Å². The lowest BCUT2D eigenvalue weighted by atomic mass is 9.85. The molecule has 0 bridgehead atoms. The van der Waals surface area contributed by atoms with E-state index in [0.717, 1.165) is 51.4 Å². The van der Waals surface area contributed by atoms with Crippen LogP contribution in [0.2, 0.25) is 0 Å². The van der Waals surface area contributed by atoms with E-state index in [1.54, 1.807) is 6.20 Å². The molecule has 176 valence electrons. The molecule has 2 heterocycles. The van der Waals surface area contributed by atoms with Crippen molar-refractivity contribution < 1.29 is 18.3 Å². The molecular formula is C24H28F3N5O. The third kappa shape index (κ3) is 4.43. The van der Waals surface area contributed by atoms with Gasteiger partial charge in [0.15, 0.2) is 17.3 Å². The van der Waals surface area contributed by atoms with Gasteiger partial charge in [-0.25, -0.2) is 28.1 Å². The molecule has 33 heavy (non-hydrogen) atoms. The molecule has 2 saturated carbocycles. The number of anilines is 2. The molecule has 0 saturated heterocycles. The van der Waals surface area contributed by atoms with Gasteiger partial charge in [-0.2, -0.15) is 0 Å². The van der Waals surface area contributed by atoms with E-state index in [9.17, 15) is 18.3 Å². The number of aliphatic hydroxyl groups excluding tert-OH is 1. The van der Waals surface area contributed by atoms with Crippen molar-refractivity contribution in [3.63, 3.8) is 0 Å². The van der Waals surface area contributed by atoms with E-state index in [1.165, 1.54) is 0 Å². The van der Waals surface area contributed by atoms with Crippen LogP contribution in [0.1, 0.15) is 63.7 Å². The van der Waals surface area contributed by atoms with Crippen LogP contribution >= 0.6 is 0 Å². The zero-order valence-corrected chi connectivity index (χ0v) is 18.6. The molecular weight excluding hydrogens is 431 g/mol. The van der Waals surface area contributed by atoms with Crippen LogP contribution in [0.4, 0.5) is 24.8 Å². The maximum Gasteiger partial charge on any atom is 0.210 e. The number of rotatable bonds is 5. The van der Waals surface area contributed by atoms with Gasteiger partial charge in [-0.1, -0.05) is 13.3 Å². The number of imidazole rings is 1. The van der Waals surface area contributed by atoms with E-state index >= 15 is 0 Å². The maximum atomic E-state index is 14.4. The van der Waals surface area contributed by atoms with Crippen molar-refractivity contribution in [3.05, 3.63) is 41.6 Å². The van der Waals surface area contributed by atoms with Gasteiger partial charge in [0, 0.05) is 24.6 Å². The Bertz CT molecular complexity index is 1140. The third-order valence-corrected chi connectivity index (χ3v) is 7.16. The van der Waals surface area contributed by atoms with Gasteiger partial charge in [0.25, 0.3) is 0 Å². The predicted octanol–water partition coefficient (Wildman–Crippen LogP) is 5.44. The van der Waals surface area contributed by atoms with Gasteiger partial charge in [0.05, 0.1) is 12.3 Å². The Labute approximate surface area is 190 Å². The minimum Gasteiger partial charge on any atom is -0.393 e. The zero-order valence-electron chi connectivity index (χ0n) is 18.6. The van der Waals surface area contributed by atoms with E-state index < -0.39 is 23.1 Å². The summed E-state index contributed by atoms with van der Waals surface area (Å²) in [5, 5.41) is 12.5. The normalized spacial score (nSPS) is 25.6. The van der Waals surface area contributed by atoms with Gasteiger partial charge in [-0.3, -0.25) is 4.57 Å². The Hall–Kier alpha value is -2.68. The summed E-state index contributed by atoms with van der Waals surface area (Å²) in [5.41, 5.74) is 0.745. The molecule has 1 aromatic carbocycles. The molecule has 0 radical (unpaired) electrons. The van der Waals surface area contributed by atoms with Gasteiger partial charge in [0.2, 0.25) is 5.95 Å². The second kappa shape index (κ2) is 8.93.